The average Bonchev–Trinajstić information content (AvgIpc) is 1.65. The van der Waals surface area contributed by atoms with E-state index in [0.717, 1.165) is 0 Å². The molecule has 0 spiro atoms. The molecule has 0 radical (unpaired) electrons. The minimum absolute atomic E-state index is 0.0640. The molecular weight excluding hydrogens is 110 g/mol. The molecule has 0 saturated heterocycles. The summed E-state index contributed by atoms with van der Waals surface area (Å²) in [5, 5.41) is 8.29. The second kappa shape index (κ2) is 2.93. The van der Waals surface area contributed by atoms with E-state index in [0.29, 0.717) is 10.6 Å². The number of thiol groups is 1. The summed E-state index contributed by atoms with van der Waals surface area (Å²) in [4.78, 5) is 0.542. The third-order valence-electron chi connectivity index (χ3n) is 0.605. The molecule has 0 saturated carbocycles. The number of hydrogen-bond acceptors (Lipinski definition) is 3. The maximum Gasteiger partial charge on any atom is 0.0755 e. The Hall–Kier alpha value is -0.150. The molecule has 42 valence electrons. The minimum Gasteiger partial charge on any atom is -0.402 e. The lowest BCUT2D eigenvalue weighted by molar-refractivity contribution is 0.338. The van der Waals surface area contributed by atoms with E-state index < -0.39 is 0 Å². The van der Waals surface area contributed by atoms with Crippen molar-refractivity contribution in [3.05, 3.63) is 10.6 Å². The van der Waals surface area contributed by atoms with Gasteiger partial charge in [-0.05, 0) is 6.92 Å². The van der Waals surface area contributed by atoms with Gasteiger partial charge < -0.3 is 10.8 Å². The molecule has 0 amide bonds. The number of aliphatic hydroxyl groups excluding tert-OH is 1. The van der Waals surface area contributed by atoms with Crippen LogP contribution in [0, 0.1) is 0 Å². The third kappa shape index (κ3) is 2.53. The Balaban J connectivity index is 3.72. The maximum atomic E-state index is 8.29. The quantitative estimate of drug-likeness (QED) is 0.429. The Morgan fingerprint density at radius 2 is 2.29 bits per heavy atom. The number of rotatable bonds is 1. The molecule has 0 unspecified atom stereocenters. The molecule has 3 N–H and O–H groups in total. The molecule has 0 aromatic carbocycles. The maximum absolute atomic E-state index is 8.29. The van der Waals surface area contributed by atoms with Crippen LogP contribution in [0.15, 0.2) is 10.6 Å². The molecule has 0 rings (SSSR count). The molecule has 7 heavy (non-hydrogen) atoms. The molecule has 0 aromatic rings. The first-order valence-corrected chi connectivity index (χ1v) is 2.38. The largest absolute Gasteiger partial charge is 0.402 e. The standard InChI is InChI=1S/C4H9NOS/c1-3(5)4(7)2-6/h6-7H,2,5H2,1H3/b4-3-. The summed E-state index contributed by atoms with van der Waals surface area (Å²) in [6.45, 7) is 1.63. The van der Waals surface area contributed by atoms with Crippen LogP contribution in [0.5, 0.6) is 0 Å². The zero-order chi connectivity index (χ0) is 5.86. The summed E-state index contributed by atoms with van der Waals surface area (Å²) in [6.07, 6.45) is 0. The van der Waals surface area contributed by atoms with Crippen molar-refractivity contribution in [2.45, 2.75) is 6.92 Å². The van der Waals surface area contributed by atoms with E-state index in [2.05, 4.69) is 12.6 Å². The zero-order valence-electron chi connectivity index (χ0n) is 4.18. The normalized spacial score (nSPS) is 13.6. The van der Waals surface area contributed by atoms with Crippen LogP contribution >= 0.6 is 12.6 Å². The van der Waals surface area contributed by atoms with E-state index >= 15 is 0 Å². The van der Waals surface area contributed by atoms with Crippen LogP contribution in [-0.4, -0.2) is 11.7 Å². The predicted molar refractivity (Wildman–Crippen MR) is 33.0 cm³/mol. The monoisotopic (exact) mass is 119 g/mol. The fourth-order valence-corrected chi connectivity index (χ4v) is 0.125. The highest BCUT2D eigenvalue weighted by atomic mass is 32.1. The Morgan fingerprint density at radius 1 is 1.86 bits per heavy atom. The van der Waals surface area contributed by atoms with Crippen molar-refractivity contribution in [2.24, 2.45) is 5.73 Å². The fourth-order valence-electron chi connectivity index (χ4n) is 0.125. The Kier molecular flexibility index (Phi) is 2.87. The summed E-state index contributed by atoms with van der Waals surface area (Å²) in [5.41, 5.74) is 5.76. The van der Waals surface area contributed by atoms with Crippen LogP contribution in [0.2, 0.25) is 0 Å². The van der Waals surface area contributed by atoms with Crippen molar-refractivity contribution >= 4 is 12.6 Å². The molecule has 0 atom stereocenters. The average molecular weight is 119 g/mol. The van der Waals surface area contributed by atoms with Crippen molar-refractivity contribution < 1.29 is 5.11 Å². The zero-order valence-corrected chi connectivity index (χ0v) is 5.07. The van der Waals surface area contributed by atoms with Crippen molar-refractivity contribution in [3.8, 4) is 0 Å². The lowest BCUT2D eigenvalue weighted by Crippen LogP contribution is -1.96. The predicted octanol–water partition coefficient (Wildman–Crippen LogP) is 0.0987. The van der Waals surface area contributed by atoms with Crippen LogP contribution in [0.4, 0.5) is 0 Å². The van der Waals surface area contributed by atoms with Gasteiger partial charge in [0.1, 0.15) is 0 Å². The van der Waals surface area contributed by atoms with Crippen LogP contribution in [0.3, 0.4) is 0 Å². The Labute approximate surface area is 48.4 Å². The second-order valence-corrected chi connectivity index (χ2v) is 1.83. The number of aliphatic hydroxyl groups is 1. The van der Waals surface area contributed by atoms with E-state index in [1.807, 2.05) is 0 Å². The van der Waals surface area contributed by atoms with Gasteiger partial charge in [-0.1, -0.05) is 0 Å². The molecule has 0 aromatic heterocycles. The first-order valence-electron chi connectivity index (χ1n) is 1.93. The summed E-state index contributed by atoms with van der Waals surface area (Å²) in [7, 11) is 0. The smallest absolute Gasteiger partial charge is 0.0755 e. The summed E-state index contributed by atoms with van der Waals surface area (Å²) >= 11 is 3.83. The second-order valence-electron chi connectivity index (χ2n) is 1.29. The van der Waals surface area contributed by atoms with Crippen molar-refractivity contribution in [3.63, 3.8) is 0 Å². The molecular formula is C4H9NOS. The van der Waals surface area contributed by atoms with Gasteiger partial charge in [0, 0.05) is 10.6 Å². The van der Waals surface area contributed by atoms with E-state index in [1.54, 1.807) is 6.92 Å². The van der Waals surface area contributed by atoms with E-state index in [4.69, 9.17) is 10.8 Å². The van der Waals surface area contributed by atoms with Gasteiger partial charge in [-0.25, -0.2) is 0 Å². The topological polar surface area (TPSA) is 46.2 Å². The van der Waals surface area contributed by atoms with Crippen LogP contribution < -0.4 is 5.73 Å². The molecule has 0 aliphatic rings. The van der Waals surface area contributed by atoms with E-state index in [1.165, 1.54) is 0 Å². The van der Waals surface area contributed by atoms with Gasteiger partial charge in [0.25, 0.3) is 0 Å². The molecule has 0 heterocycles. The SMILES string of the molecule is C/C(N)=C(/S)CO. The summed E-state index contributed by atoms with van der Waals surface area (Å²) in [5.74, 6) is 0. The molecule has 0 bridgehead atoms. The minimum atomic E-state index is -0.0640. The van der Waals surface area contributed by atoms with Gasteiger partial charge in [0.05, 0.1) is 6.61 Å². The highest BCUT2D eigenvalue weighted by Gasteiger charge is 1.86. The van der Waals surface area contributed by atoms with Gasteiger partial charge >= 0.3 is 0 Å². The third-order valence-corrected chi connectivity index (χ3v) is 1.10. The first-order chi connectivity index (χ1) is 3.18. The van der Waals surface area contributed by atoms with Crippen molar-refractivity contribution in [1.82, 2.24) is 0 Å². The Bertz CT molecular complexity index is 85.7. The fraction of sp³-hybridized carbons (Fsp3) is 0.500. The van der Waals surface area contributed by atoms with Gasteiger partial charge in [0.2, 0.25) is 0 Å². The van der Waals surface area contributed by atoms with E-state index in [9.17, 15) is 0 Å². The molecule has 0 aliphatic heterocycles. The van der Waals surface area contributed by atoms with Crippen molar-refractivity contribution in [2.75, 3.05) is 6.61 Å². The van der Waals surface area contributed by atoms with Gasteiger partial charge in [-0.15, -0.1) is 12.6 Å². The molecule has 3 heteroatoms. The number of allylic oxidation sites excluding steroid dienone is 1. The number of nitrogens with two attached hydrogens (primary N) is 1. The highest BCUT2D eigenvalue weighted by Crippen LogP contribution is 1.99. The van der Waals surface area contributed by atoms with Crippen molar-refractivity contribution in [1.29, 1.82) is 0 Å². The molecule has 0 fully saturated rings. The lowest BCUT2D eigenvalue weighted by atomic mass is 10.5. The number of hydrogen-bond donors (Lipinski definition) is 3. The van der Waals surface area contributed by atoms with Gasteiger partial charge in [0.15, 0.2) is 0 Å². The Morgan fingerprint density at radius 3 is 2.29 bits per heavy atom. The highest BCUT2D eigenvalue weighted by molar-refractivity contribution is 7.84. The van der Waals surface area contributed by atoms with Crippen LogP contribution in [0.1, 0.15) is 6.92 Å². The van der Waals surface area contributed by atoms with Crippen LogP contribution in [-0.2, 0) is 0 Å². The van der Waals surface area contributed by atoms with Gasteiger partial charge in [-0.3, -0.25) is 0 Å². The molecule has 0 aliphatic carbocycles. The van der Waals surface area contributed by atoms with Gasteiger partial charge in [-0.2, -0.15) is 0 Å². The first kappa shape index (κ1) is 6.85. The summed E-state index contributed by atoms with van der Waals surface area (Å²) < 4.78 is 0. The summed E-state index contributed by atoms with van der Waals surface area (Å²) in [6, 6.07) is 0. The van der Waals surface area contributed by atoms with E-state index in [-0.39, 0.29) is 6.61 Å². The molecule has 2 nitrogen and oxygen atoms in total. The lowest BCUT2D eigenvalue weighted by Gasteiger charge is -1.93. The van der Waals surface area contributed by atoms with Crippen LogP contribution in [0.25, 0.3) is 0 Å².